The average molecular weight is 251 g/mol. The molecule has 0 saturated carbocycles. The molecule has 1 aliphatic rings. The Balaban J connectivity index is 1.83. The van der Waals surface area contributed by atoms with E-state index in [2.05, 4.69) is 4.90 Å². The lowest BCUT2D eigenvalue weighted by Gasteiger charge is -2.25. The lowest BCUT2D eigenvalue weighted by molar-refractivity contribution is -0.132. The summed E-state index contributed by atoms with van der Waals surface area (Å²) >= 11 is 0. The lowest BCUT2D eigenvalue weighted by atomic mass is 10.2. The normalized spacial score (nSPS) is 20.2. The van der Waals surface area contributed by atoms with Gasteiger partial charge in [0.25, 0.3) is 0 Å². The van der Waals surface area contributed by atoms with Gasteiger partial charge >= 0.3 is 0 Å². The highest BCUT2D eigenvalue weighted by molar-refractivity contribution is 5.78. The monoisotopic (exact) mass is 251 g/mol. The van der Waals surface area contributed by atoms with Crippen LogP contribution in [0.1, 0.15) is 18.6 Å². The van der Waals surface area contributed by atoms with Gasteiger partial charge in [0.1, 0.15) is 5.76 Å². The van der Waals surface area contributed by atoms with Crippen LogP contribution in [0.2, 0.25) is 0 Å². The van der Waals surface area contributed by atoms with Gasteiger partial charge in [-0.3, -0.25) is 9.69 Å². The molecule has 1 aliphatic heterocycles. The van der Waals surface area contributed by atoms with E-state index in [1.165, 1.54) is 0 Å². The number of likely N-dealkylation sites (N-methyl/N-ethyl adjacent to an activating group) is 1. The molecule has 0 radical (unpaired) electrons. The molecule has 100 valence electrons. The van der Waals surface area contributed by atoms with Gasteiger partial charge in [0.2, 0.25) is 5.91 Å². The van der Waals surface area contributed by atoms with E-state index in [9.17, 15) is 4.79 Å². The summed E-state index contributed by atoms with van der Waals surface area (Å²) in [6.45, 7) is 2.59. The van der Waals surface area contributed by atoms with Crippen LogP contribution < -0.4 is 5.73 Å². The van der Waals surface area contributed by atoms with Crippen molar-refractivity contribution < 1.29 is 9.21 Å². The molecule has 0 spiro atoms. The minimum atomic E-state index is 0.117. The highest BCUT2D eigenvalue weighted by atomic mass is 16.3. The molecule has 1 aromatic heterocycles. The first-order valence-corrected chi connectivity index (χ1v) is 6.41. The van der Waals surface area contributed by atoms with Crippen LogP contribution in [0, 0.1) is 0 Å². The molecule has 0 aromatic carbocycles. The van der Waals surface area contributed by atoms with E-state index in [4.69, 9.17) is 10.2 Å². The van der Waals surface area contributed by atoms with Crippen LogP contribution in [-0.4, -0.2) is 48.4 Å². The lowest BCUT2D eigenvalue weighted by Crippen LogP contribution is -2.42. The summed E-state index contributed by atoms with van der Waals surface area (Å²) in [5, 5.41) is 0. The fraction of sp³-hybridized carbons (Fsp3) is 0.615. The highest BCUT2D eigenvalue weighted by Crippen LogP contribution is 2.16. The van der Waals surface area contributed by atoms with Crippen molar-refractivity contribution in [2.75, 3.05) is 26.7 Å². The number of nitrogens with zero attached hydrogens (tertiary/aromatic N) is 2. The number of likely N-dealkylation sites (tertiary alicyclic amines) is 1. The number of rotatable bonds is 5. The molecule has 1 unspecified atom stereocenters. The SMILES string of the molecule is CN(Cc1ccco1)C(=O)CN1CCCC1CN. The van der Waals surface area contributed by atoms with E-state index in [-0.39, 0.29) is 5.91 Å². The van der Waals surface area contributed by atoms with Crippen LogP contribution in [0.25, 0.3) is 0 Å². The Labute approximate surface area is 108 Å². The van der Waals surface area contributed by atoms with Gasteiger partial charge in [0.15, 0.2) is 0 Å². The van der Waals surface area contributed by atoms with E-state index in [1.54, 1.807) is 18.2 Å². The standard InChI is InChI=1S/C13H21N3O2/c1-15(9-12-5-3-7-18-12)13(17)10-16-6-2-4-11(16)8-14/h3,5,7,11H,2,4,6,8-10,14H2,1H3. The second-order valence-electron chi connectivity index (χ2n) is 4.83. The number of amides is 1. The Kier molecular flexibility index (Phi) is 4.38. The summed E-state index contributed by atoms with van der Waals surface area (Å²) in [7, 11) is 1.80. The van der Waals surface area contributed by atoms with Gasteiger partial charge in [-0.25, -0.2) is 0 Å². The Bertz CT molecular complexity index is 378. The Morgan fingerprint density at radius 2 is 2.50 bits per heavy atom. The highest BCUT2D eigenvalue weighted by Gasteiger charge is 2.26. The molecule has 18 heavy (non-hydrogen) atoms. The number of nitrogens with two attached hydrogens (primary N) is 1. The molecular weight excluding hydrogens is 230 g/mol. The maximum absolute atomic E-state index is 12.1. The molecule has 5 nitrogen and oxygen atoms in total. The summed E-state index contributed by atoms with van der Waals surface area (Å²) in [5.41, 5.74) is 5.70. The van der Waals surface area contributed by atoms with Crippen LogP contribution in [-0.2, 0) is 11.3 Å². The van der Waals surface area contributed by atoms with Crippen LogP contribution in [0.3, 0.4) is 0 Å². The van der Waals surface area contributed by atoms with Crippen molar-refractivity contribution in [3.8, 4) is 0 Å². The van der Waals surface area contributed by atoms with Crippen LogP contribution >= 0.6 is 0 Å². The largest absolute Gasteiger partial charge is 0.467 e. The minimum Gasteiger partial charge on any atom is -0.467 e. The van der Waals surface area contributed by atoms with E-state index >= 15 is 0 Å². The van der Waals surface area contributed by atoms with Crippen molar-refractivity contribution >= 4 is 5.91 Å². The number of carbonyl (C=O) groups is 1. The first-order valence-electron chi connectivity index (χ1n) is 6.41. The molecule has 1 saturated heterocycles. The average Bonchev–Trinajstić information content (AvgIpc) is 2.99. The number of furan rings is 1. The van der Waals surface area contributed by atoms with Gasteiger partial charge in [-0.15, -0.1) is 0 Å². The Morgan fingerprint density at radius 3 is 3.17 bits per heavy atom. The Morgan fingerprint density at radius 1 is 1.67 bits per heavy atom. The first-order chi connectivity index (χ1) is 8.70. The van der Waals surface area contributed by atoms with E-state index in [0.717, 1.165) is 25.1 Å². The maximum atomic E-state index is 12.1. The zero-order valence-corrected chi connectivity index (χ0v) is 10.8. The van der Waals surface area contributed by atoms with Crippen molar-refractivity contribution in [3.63, 3.8) is 0 Å². The van der Waals surface area contributed by atoms with Crippen LogP contribution in [0.5, 0.6) is 0 Å². The summed E-state index contributed by atoms with van der Waals surface area (Å²) in [6.07, 6.45) is 3.86. The van der Waals surface area contributed by atoms with Crippen LogP contribution in [0.15, 0.2) is 22.8 Å². The summed E-state index contributed by atoms with van der Waals surface area (Å²) in [4.78, 5) is 16.0. The van der Waals surface area contributed by atoms with Crippen molar-refractivity contribution in [3.05, 3.63) is 24.2 Å². The van der Waals surface area contributed by atoms with Gasteiger partial charge in [0, 0.05) is 19.6 Å². The number of hydrogen-bond acceptors (Lipinski definition) is 4. The minimum absolute atomic E-state index is 0.117. The van der Waals surface area contributed by atoms with Gasteiger partial charge in [-0.2, -0.15) is 0 Å². The molecule has 1 amide bonds. The predicted molar refractivity (Wildman–Crippen MR) is 68.8 cm³/mol. The van der Waals surface area contributed by atoms with Gasteiger partial charge in [0.05, 0.1) is 19.4 Å². The zero-order chi connectivity index (χ0) is 13.0. The first kappa shape index (κ1) is 13.1. The van der Waals surface area contributed by atoms with Gasteiger partial charge in [-0.1, -0.05) is 0 Å². The molecule has 5 heteroatoms. The quantitative estimate of drug-likeness (QED) is 0.835. The molecule has 2 N–H and O–H groups in total. The van der Waals surface area contributed by atoms with Crippen molar-refractivity contribution in [2.45, 2.75) is 25.4 Å². The third-order valence-electron chi connectivity index (χ3n) is 3.51. The van der Waals surface area contributed by atoms with E-state index < -0.39 is 0 Å². The Hall–Kier alpha value is -1.33. The topological polar surface area (TPSA) is 62.7 Å². The molecule has 1 atom stereocenters. The van der Waals surface area contributed by atoms with Crippen molar-refractivity contribution in [1.29, 1.82) is 0 Å². The fourth-order valence-electron chi connectivity index (χ4n) is 2.39. The zero-order valence-electron chi connectivity index (χ0n) is 10.8. The van der Waals surface area contributed by atoms with Gasteiger partial charge in [-0.05, 0) is 31.5 Å². The molecular formula is C13H21N3O2. The summed E-state index contributed by atoms with van der Waals surface area (Å²) in [5.74, 6) is 0.925. The molecule has 0 aliphatic carbocycles. The van der Waals surface area contributed by atoms with Crippen molar-refractivity contribution in [2.24, 2.45) is 5.73 Å². The third-order valence-corrected chi connectivity index (χ3v) is 3.51. The van der Waals surface area contributed by atoms with Gasteiger partial charge < -0.3 is 15.1 Å². The number of hydrogen-bond donors (Lipinski definition) is 1. The predicted octanol–water partition coefficient (Wildman–Crippen LogP) is 0.661. The van der Waals surface area contributed by atoms with Crippen molar-refractivity contribution in [1.82, 2.24) is 9.80 Å². The van der Waals surface area contributed by atoms with E-state index in [1.807, 2.05) is 12.1 Å². The fourth-order valence-corrected chi connectivity index (χ4v) is 2.39. The summed E-state index contributed by atoms with van der Waals surface area (Å²) < 4.78 is 5.24. The molecule has 2 rings (SSSR count). The second-order valence-corrected chi connectivity index (χ2v) is 4.83. The van der Waals surface area contributed by atoms with Crippen LogP contribution in [0.4, 0.5) is 0 Å². The third kappa shape index (κ3) is 3.11. The molecule has 0 bridgehead atoms. The second kappa shape index (κ2) is 6.02. The number of carbonyl (C=O) groups excluding carboxylic acids is 1. The van der Waals surface area contributed by atoms with E-state index in [0.29, 0.717) is 25.7 Å². The summed E-state index contributed by atoms with van der Waals surface area (Å²) in [6, 6.07) is 4.08. The molecule has 1 aromatic rings. The maximum Gasteiger partial charge on any atom is 0.236 e. The molecule has 1 fully saturated rings. The smallest absolute Gasteiger partial charge is 0.236 e. The molecule has 2 heterocycles.